The molecule has 8 heteroatoms. The van der Waals surface area contributed by atoms with Crippen LogP contribution < -0.4 is 0 Å². The first-order valence-corrected chi connectivity index (χ1v) is 16.5. The summed E-state index contributed by atoms with van der Waals surface area (Å²) in [5, 5.41) is 11.9. The highest BCUT2D eigenvalue weighted by molar-refractivity contribution is 7.19. The smallest absolute Gasteiger partial charge is 0.0793 e. The average molecular weight is 617 g/mol. The van der Waals surface area contributed by atoms with Gasteiger partial charge in [-0.25, -0.2) is 0 Å². The van der Waals surface area contributed by atoms with Gasteiger partial charge in [0.25, 0.3) is 0 Å². The molecule has 224 valence electrons. The molecule has 0 bridgehead atoms. The van der Waals surface area contributed by atoms with Crippen molar-refractivity contribution >= 4 is 55.3 Å². The number of β-amino-alcohol motifs (C(OH)–C–C–N with tert-alkyl or cyclic N) is 1. The summed E-state index contributed by atoms with van der Waals surface area (Å²) in [7, 11) is 0. The summed E-state index contributed by atoms with van der Waals surface area (Å²) in [4.78, 5) is 7.61. The highest BCUT2D eigenvalue weighted by Crippen LogP contribution is 2.26. The quantitative estimate of drug-likeness (QED) is 0.159. The standard InChI is InChI=1S/C17H23NOS.C16H21NO2S.ClH/c1-14-12-18(13-14)8-4-9-19-10-7-16-11-15-5-2-3-6-17(15)20-16;18-14-11-17(12-14)7-3-8-19-9-6-15-10-13-4-1-2-5-16(13)20-15;/h2-3,5-6,11,14H,4,7-10,12-13H2,1H3;1-2,4-5,10,14,18H,3,6-9,11-12H2;1H. The third kappa shape index (κ3) is 10.3. The van der Waals surface area contributed by atoms with Crippen LogP contribution in [0.5, 0.6) is 0 Å². The zero-order valence-electron chi connectivity index (χ0n) is 24.2. The topological polar surface area (TPSA) is 45.2 Å². The Morgan fingerprint density at radius 3 is 1.61 bits per heavy atom. The van der Waals surface area contributed by atoms with Gasteiger partial charge in [0.1, 0.15) is 0 Å². The van der Waals surface area contributed by atoms with Gasteiger partial charge in [0, 0.05) is 84.5 Å². The number of nitrogens with zero attached hydrogens (tertiary/aromatic N) is 2. The zero-order chi connectivity index (χ0) is 27.6. The van der Waals surface area contributed by atoms with Gasteiger partial charge in [0.2, 0.25) is 0 Å². The lowest BCUT2D eigenvalue weighted by Crippen LogP contribution is -2.50. The number of thiophene rings is 2. The Labute approximate surface area is 259 Å². The molecule has 0 amide bonds. The SMILES string of the molecule is CC1CN(CCCOCCc2cc3ccccc3s2)C1.Cl.OC1CN(CCCOCCc2cc3ccccc3s2)C1. The molecule has 0 radical (unpaired) electrons. The van der Waals surface area contributed by atoms with Crippen LogP contribution >= 0.6 is 35.1 Å². The molecule has 4 heterocycles. The Morgan fingerprint density at radius 2 is 1.17 bits per heavy atom. The highest BCUT2D eigenvalue weighted by Gasteiger charge is 2.23. The molecule has 2 fully saturated rings. The first-order chi connectivity index (χ1) is 19.6. The van der Waals surface area contributed by atoms with Gasteiger partial charge in [-0.05, 0) is 53.8 Å². The van der Waals surface area contributed by atoms with E-state index < -0.39 is 0 Å². The largest absolute Gasteiger partial charge is 0.390 e. The van der Waals surface area contributed by atoms with Crippen LogP contribution in [0.3, 0.4) is 0 Å². The van der Waals surface area contributed by atoms with E-state index in [-0.39, 0.29) is 18.5 Å². The van der Waals surface area contributed by atoms with E-state index in [9.17, 15) is 5.11 Å². The molecule has 2 aromatic heterocycles. The van der Waals surface area contributed by atoms with Gasteiger partial charge >= 0.3 is 0 Å². The maximum absolute atomic E-state index is 9.17. The molecule has 2 aromatic carbocycles. The highest BCUT2D eigenvalue weighted by atomic mass is 35.5. The predicted molar refractivity (Wildman–Crippen MR) is 177 cm³/mol. The molecule has 4 aromatic rings. The fourth-order valence-electron chi connectivity index (χ4n) is 5.39. The molecule has 0 atom stereocenters. The molecular formula is C33H45ClN2O3S2. The fraction of sp³-hybridized carbons (Fsp3) is 0.515. The van der Waals surface area contributed by atoms with Crippen LogP contribution in [-0.2, 0) is 22.3 Å². The number of aliphatic hydroxyl groups is 1. The number of ether oxygens (including phenoxy) is 2. The first kappa shape index (κ1) is 32.4. The van der Waals surface area contributed by atoms with Crippen LogP contribution in [0.4, 0.5) is 0 Å². The van der Waals surface area contributed by atoms with Gasteiger partial charge in [-0.3, -0.25) is 4.90 Å². The molecule has 2 aliphatic heterocycles. The van der Waals surface area contributed by atoms with Crippen molar-refractivity contribution in [2.75, 3.05) is 65.7 Å². The van der Waals surface area contributed by atoms with Crippen LogP contribution in [0.25, 0.3) is 20.2 Å². The van der Waals surface area contributed by atoms with Crippen LogP contribution in [0.15, 0.2) is 60.7 Å². The molecule has 6 rings (SSSR count). The van der Waals surface area contributed by atoms with E-state index >= 15 is 0 Å². The minimum Gasteiger partial charge on any atom is -0.390 e. The lowest BCUT2D eigenvalue weighted by Gasteiger charge is -2.37. The molecule has 0 aliphatic carbocycles. The number of benzene rings is 2. The maximum Gasteiger partial charge on any atom is 0.0793 e. The lowest BCUT2D eigenvalue weighted by atomic mass is 10.0. The number of fused-ring (bicyclic) bond motifs is 2. The predicted octanol–water partition coefficient (Wildman–Crippen LogP) is 6.75. The minimum absolute atomic E-state index is 0. The van der Waals surface area contributed by atoms with Crippen LogP contribution in [-0.4, -0.2) is 86.7 Å². The van der Waals surface area contributed by atoms with E-state index in [0.29, 0.717) is 0 Å². The van der Waals surface area contributed by atoms with Crippen molar-refractivity contribution in [3.05, 3.63) is 70.4 Å². The van der Waals surface area contributed by atoms with Crippen molar-refractivity contribution in [1.82, 2.24) is 9.80 Å². The van der Waals surface area contributed by atoms with Crippen molar-refractivity contribution in [2.24, 2.45) is 5.92 Å². The molecule has 5 nitrogen and oxygen atoms in total. The monoisotopic (exact) mass is 616 g/mol. The van der Waals surface area contributed by atoms with E-state index in [0.717, 1.165) is 71.2 Å². The van der Waals surface area contributed by atoms with Crippen LogP contribution in [0.2, 0.25) is 0 Å². The van der Waals surface area contributed by atoms with Crippen molar-refractivity contribution in [2.45, 2.75) is 38.7 Å². The van der Waals surface area contributed by atoms with E-state index in [1.54, 1.807) is 0 Å². The summed E-state index contributed by atoms with van der Waals surface area (Å²) >= 11 is 3.75. The van der Waals surface area contributed by atoms with Gasteiger partial charge in [-0.2, -0.15) is 0 Å². The zero-order valence-corrected chi connectivity index (χ0v) is 26.7. The summed E-state index contributed by atoms with van der Waals surface area (Å²) in [5.41, 5.74) is 0. The lowest BCUT2D eigenvalue weighted by molar-refractivity contribution is -0.00303. The Bertz CT molecular complexity index is 1130. The Balaban J connectivity index is 0.000000184. The molecule has 1 N–H and O–H groups in total. The van der Waals surface area contributed by atoms with E-state index in [1.165, 1.54) is 56.0 Å². The summed E-state index contributed by atoms with van der Waals surface area (Å²) in [6.07, 6.45) is 4.17. The number of likely N-dealkylation sites (tertiary alicyclic amines) is 2. The van der Waals surface area contributed by atoms with Crippen LogP contribution in [0, 0.1) is 5.92 Å². The molecule has 0 spiro atoms. The second-order valence-electron chi connectivity index (χ2n) is 11.2. The maximum atomic E-state index is 9.17. The number of hydrogen-bond acceptors (Lipinski definition) is 7. The number of hydrogen-bond donors (Lipinski definition) is 1. The second kappa shape index (κ2) is 16.9. The van der Waals surface area contributed by atoms with Crippen molar-refractivity contribution in [3.8, 4) is 0 Å². The average Bonchev–Trinajstić information content (AvgIpc) is 3.54. The Kier molecular flexibility index (Phi) is 13.4. The number of halogens is 1. The summed E-state index contributed by atoms with van der Waals surface area (Å²) in [6, 6.07) is 21.7. The molecule has 2 aliphatic rings. The van der Waals surface area contributed by atoms with Gasteiger partial charge in [0.05, 0.1) is 19.3 Å². The molecule has 2 saturated heterocycles. The molecular weight excluding hydrogens is 572 g/mol. The third-order valence-electron chi connectivity index (χ3n) is 7.54. The van der Waals surface area contributed by atoms with Crippen molar-refractivity contribution < 1.29 is 14.6 Å². The van der Waals surface area contributed by atoms with Crippen molar-refractivity contribution in [3.63, 3.8) is 0 Å². The number of rotatable bonds is 14. The van der Waals surface area contributed by atoms with Gasteiger partial charge in [-0.15, -0.1) is 35.1 Å². The summed E-state index contributed by atoms with van der Waals surface area (Å²) in [6.45, 7) is 12.2. The minimum atomic E-state index is -0.0936. The fourth-order valence-corrected chi connectivity index (χ4v) is 7.48. The third-order valence-corrected chi connectivity index (χ3v) is 9.89. The summed E-state index contributed by atoms with van der Waals surface area (Å²) < 4.78 is 14.2. The summed E-state index contributed by atoms with van der Waals surface area (Å²) in [5.74, 6) is 0.906. The molecule has 41 heavy (non-hydrogen) atoms. The van der Waals surface area contributed by atoms with Gasteiger partial charge < -0.3 is 19.5 Å². The first-order valence-electron chi connectivity index (χ1n) is 14.9. The van der Waals surface area contributed by atoms with Crippen LogP contribution in [0.1, 0.15) is 29.5 Å². The Morgan fingerprint density at radius 1 is 0.707 bits per heavy atom. The Hall–Kier alpha value is -1.55. The van der Waals surface area contributed by atoms with E-state index in [1.807, 2.05) is 22.7 Å². The van der Waals surface area contributed by atoms with Gasteiger partial charge in [-0.1, -0.05) is 43.3 Å². The van der Waals surface area contributed by atoms with Crippen molar-refractivity contribution in [1.29, 1.82) is 0 Å². The van der Waals surface area contributed by atoms with E-state index in [4.69, 9.17) is 9.47 Å². The normalized spacial score (nSPS) is 16.2. The van der Waals surface area contributed by atoms with E-state index in [2.05, 4.69) is 77.4 Å². The second-order valence-corrected chi connectivity index (χ2v) is 13.5. The van der Waals surface area contributed by atoms with Gasteiger partial charge in [0.15, 0.2) is 0 Å². The molecule has 0 unspecified atom stereocenters. The molecule has 0 saturated carbocycles. The number of aliphatic hydroxyl groups excluding tert-OH is 1.